The second-order valence-corrected chi connectivity index (χ2v) is 8.07. The van der Waals surface area contributed by atoms with Crippen molar-refractivity contribution in [3.8, 4) is 11.5 Å². The molecule has 0 radical (unpaired) electrons. The van der Waals surface area contributed by atoms with Crippen LogP contribution in [0.5, 0.6) is 11.5 Å². The number of sulfonamides is 1. The topological polar surface area (TPSA) is 106 Å². The van der Waals surface area contributed by atoms with Gasteiger partial charge in [0.1, 0.15) is 0 Å². The first-order valence-electron chi connectivity index (χ1n) is 9.16. The zero-order valence-corrected chi connectivity index (χ0v) is 18.6. The first-order valence-corrected chi connectivity index (χ1v) is 10.8. The molecule has 2 aromatic rings. The number of amides is 1. The monoisotopic (exact) mass is 457 g/mol. The van der Waals surface area contributed by atoms with Crippen molar-refractivity contribution in [1.82, 2.24) is 15.4 Å². The highest BCUT2D eigenvalue weighted by molar-refractivity contribution is 7.88. The molecule has 8 nitrogen and oxygen atoms in total. The number of halogens is 1. The molecule has 2 rings (SSSR count). The second kappa shape index (κ2) is 13.1. The largest absolute Gasteiger partial charge is 0.493 e. The zero-order chi connectivity index (χ0) is 21.1. The minimum atomic E-state index is -3.37. The van der Waals surface area contributed by atoms with Crippen LogP contribution in [-0.2, 0) is 27.1 Å². The molecule has 0 aliphatic carbocycles. The van der Waals surface area contributed by atoms with Gasteiger partial charge < -0.3 is 20.1 Å². The van der Waals surface area contributed by atoms with Crippen molar-refractivity contribution in [2.45, 2.75) is 12.3 Å². The molecule has 0 saturated carbocycles. The number of likely N-dealkylation sites (N-methyl/N-ethyl adjacent to an activating group) is 1. The van der Waals surface area contributed by atoms with Crippen molar-refractivity contribution in [2.75, 3.05) is 33.9 Å². The molecule has 0 aromatic heterocycles. The van der Waals surface area contributed by atoms with Crippen molar-refractivity contribution in [3.63, 3.8) is 0 Å². The van der Waals surface area contributed by atoms with E-state index in [0.717, 1.165) is 11.1 Å². The number of hydrogen-bond donors (Lipinski definition) is 3. The number of carbonyl (C=O) groups excluding carboxylic acids is 1. The summed E-state index contributed by atoms with van der Waals surface area (Å²) < 4.78 is 37.5. The van der Waals surface area contributed by atoms with Gasteiger partial charge in [0.05, 0.1) is 12.9 Å². The van der Waals surface area contributed by atoms with E-state index in [0.29, 0.717) is 31.1 Å². The molecular weight excluding hydrogens is 430 g/mol. The van der Waals surface area contributed by atoms with E-state index in [-0.39, 0.29) is 30.7 Å². The van der Waals surface area contributed by atoms with Crippen LogP contribution >= 0.6 is 12.4 Å². The summed E-state index contributed by atoms with van der Waals surface area (Å²) in [6.45, 7) is 1.21. The van der Waals surface area contributed by atoms with E-state index in [1.165, 1.54) is 7.11 Å². The van der Waals surface area contributed by atoms with Crippen LogP contribution in [0, 0.1) is 0 Å². The molecular formula is C20H28ClN3O5S. The molecule has 1 amide bonds. The Bertz CT molecular complexity index is 895. The van der Waals surface area contributed by atoms with Gasteiger partial charge in [0.25, 0.3) is 5.91 Å². The van der Waals surface area contributed by atoms with Crippen LogP contribution in [0.25, 0.3) is 0 Å². The van der Waals surface area contributed by atoms with Gasteiger partial charge in [0.2, 0.25) is 10.0 Å². The van der Waals surface area contributed by atoms with Crippen molar-refractivity contribution >= 4 is 28.3 Å². The molecule has 166 valence electrons. The van der Waals surface area contributed by atoms with E-state index < -0.39 is 10.0 Å². The van der Waals surface area contributed by atoms with E-state index >= 15 is 0 Å². The highest BCUT2D eigenvalue weighted by Gasteiger charge is 2.11. The lowest BCUT2D eigenvalue weighted by Crippen LogP contribution is -2.32. The van der Waals surface area contributed by atoms with Crippen LogP contribution in [-0.4, -0.2) is 48.2 Å². The smallest absolute Gasteiger partial charge is 0.257 e. The summed E-state index contributed by atoms with van der Waals surface area (Å²) >= 11 is 0. The van der Waals surface area contributed by atoms with Crippen LogP contribution in [0.1, 0.15) is 11.1 Å². The average molecular weight is 458 g/mol. The molecule has 30 heavy (non-hydrogen) atoms. The molecule has 0 unspecified atom stereocenters. The van der Waals surface area contributed by atoms with Gasteiger partial charge in [0.15, 0.2) is 18.1 Å². The Balaban J connectivity index is 0.00000450. The number of carbonyl (C=O) groups is 1. The molecule has 0 heterocycles. The molecule has 10 heteroatoms. The lowest BCUT2D eigenvalue weighted by Gasteiger charge is -2.12. The number of rotatable bonds is 12. The van der Waals surface area contributed by atoms with Crippen LogP contribution < -0.4 is 24.8 Å². The maximum Gasteiger partial charge on any atom is 0.257 e. The lowest BCUT2D eigenvalue weighted by molar-refractivity contribution is -0.122. The third kappa shape index (κ3) is 9.00. The van der Waals surface area contributed by atoms with Gasteiger partial charge in [-0.1, -0.05) is 36.4 Å². The quantitative estimate of drug-likeness (QED) is 0.416. The second-order valence-electron chi connectivity index (χ2n) is 6.26. The fourth-order valence-corrected chi connectivity index (χ4v) is 3.68. The van der Waals surface area contributed by atoms with Gasteiger partial charge >= 0.3 is 0 Å². The third-order valence-electron chi connectivity index (χ3n) is 4.02. The summed E-state index contributed by atoms with van der Waals surface area (Å²) in [6, 6.07) is 14.5. The van der Waals surface area contributed by atoms with Crippen molar-refractivity contribution in [2.24, 2.45) is 0 Å². The number of hydrogen-bond acceptors (Lipinski definition) is 6. The summed E-state index contributed by atoms with van der Waals surface area (Å²) in [6.07, 6.45) is 0. The van der Waals surface area contributed by atoms with Gasteiger partial charge in [0, 0.05) is 26.7 Å². The Morgan fingerprint density at radius 3 is 2.40 bits per heavy atom. The predicted molar refractivity (Wildman–Crippen MR) is 119 cm³/mol. The maximum atomic E-state index is 12.1. The summed E-state index contributed by atoms with van der Waals surface area (Å²) in [4.78, 5) is 11.3. The van der Waals surface area contributed by atoms with E-state index in [1.807, 2.05) is 30.3 Å². The van der Waals surface area contributed by atoms with E-state index in [4.69, 9.17) is 9.47 Å². The number of methoxy groups -OCH3 is 1. The highest BCUT2D eigenvalue weighted by Crippen LogP contribution is 2.27. The number of nitrogens with one attached hydrogen (secondary N) is 3. The Morgan fingerprint density at radius 2 is 1.73 bits per heavy atom. The fourth-order valence-electron chi connectivity index (χ4n) is 2.53. The van der Waals surface area contributed by atoms with Crippen molar-refractivity contribution < 1.29 is 22.7 Å². The van der Waals surface area contributed by atoms with Crippen molar-refractivity contribution in [3.05, 3.63) is 59.7 Å². The van der Waals surface area contributed by atoms with Crippen molar-refractivity contribution in [1.29, 1.82) is 0 Å². The Morgan fingerprint density at radius 1 is 1.00 bits per heavy atom. The standard InChI is InChI=1S/C20H27N3O5S.ClH/c1-21-20(24)14-28-18-9-8-17(12-19(18)27-2)13-22-10-11-23-29(25,26)15-16-6-4-3-5-7-16;/h3-9,12,22-23H,10-11,13-15H2,1-2H3,(H,21,24);1H. The molecule has 0 atom stereocenters. The van der Waals surface area contributed by atoms with E-state index in [2.05, 4.69) is 15.4 Å². The first kappa shape index (κ1) is 25.7. The molecule has 0 bridgehead atoms. The van der Waals surface area contributed by atoms with Gasteiger partial charge in [-0.15, -0.1) is 12.4 Å². The van der Waals surface area contributed by atoms with Crippen LogP contribution in [0.2, 0.25) is 0 Å². The fraction of sp³-hybridized carbons (Fsp3) is 0.350. The first-order chi connectivity index (χ1) is 13.9. The molecule has 0 fully saturated rings. The normalized spacial score (nSPS) is 10.7. The minimum Gasteiger partial charge on any atom is -0.493 e. The summed E-state index contributed by atoms with van der Waals surface area (Å²) in [5.41, 5.74) is 1.69. The number of ether oxygens (including phenoxy) is 2. The summed E-state index contributed by atoms with van der Waals surface area (Å²) in [5.74, 6) is 0.737. The van der Waals surface area contributed by atoms with Gasteiger partial charge in [-0.3, -0.25) is 4.79 Å². The van der Waals surface area contributed by atoms with Gasteiger partial charge in [-0.05, 0) is 23.3 Å². The Kier molecular flexibility index (Phi) is 11.2. The zero-order valence-electron chi connectivity index (χ0n) is 17.0. The Hall–Kier alpha value is -2.33. The van der Waals surface area contributed by atoms with Crippen LogP contribution in [0.3, 0.4) is 0 Å². The molecule has 2 aromatic carbocycles. The molecule has 3 N–H and O–H groups in total. The van der Waals surface area contributed by atoms with Crippen LogP contribution in [0.15, 0.2) is 48.5 Å². The van der Waals surface area contributed by atoms with Gasteiger partial charge in [-0.25, -0.2) is 13.1 Å². The molecule has 0 aliphatic rings. The Labute approximate surface area is 183 Å². The van der Waals surface area contributed by atoms with E-state index in [9.17, 15) is 13.2 Å². The minimum absolute atomic E-state index is 0. The predicted octanol–water partition coefficient (Wildman–Crippen LogP) is 1.45. The molecule has 0 aliphatic heterocycles. The third-order valence-corrected chi connectivity index (χ3v) is 5.38. The highest BCUT2D eigenvalue weighted by atomic mass is 35.5. The SMILES string of the molecule is CNC(=O)COc1ccc(CNCCNS(=O)(=O)Cc2ccccc2)cc1OC.Cl. The maximum absolute atomic E-state index is 12.1. The number of benzene rings is 2. The summed E-state index contributed by atoms with van der Waals surface area (Å²) in [5, 5.41) is 5.67. The summed E-state index contributed by atoms with van der Waals surface area (Å²) in [7, 11) is -0.301. The van der Waals surface area contributed by atoms with Gasteiger partial charge in [-0.2, -0.15) is 0 Å². The van der Waals surface area contributed by atoms with E-state index in [1.54, 1.807) is 25.2 Å². The van der Waals surface area contributed by atoms with Crippen LogP contribution in [0.4, 0.5) is 0 Å². The average Bonchev–Trinajstić information content (AvgIpc) is 2.72. The lowest BCUT2D eigenvalue weighted by atomic mass is 10.2. The molecule has 0 saturated heterocycles. The molecule has 0 spiro atoms.